The van der Waals surface area contributed by atoms with Crippen LogP contribution in [0.1, 0.15) is 45.8 Å². The molecule has 42 heavy (non-hydrogen) atoms. The lowest BCUT2D eigenvalue weighted by Crippen LogP contribution is -2.38. The molecule has 0 aliphatic heterocycles. The molecule has 0 unspecified atom stereocenters. The second-order valence-electron chi connectivity index (χ2n) is 8.98. The van der Waals surface area contributed by atoms with Crippen LogP contribution in [-0.2, 0) is 12.7 Å². The minimum atomic E-state index is -4.91. The average Bonchev–Trinajstić information content (AvgIpc) is 2.93. The maximum absolute atomic E-state index is 15.3. The summed E-state index contributed by atoms with van der Waals surface area (Å²) in [6.07, 6.45) is -1.26. The summed E-state index contributed by atoms with van der Waals surface area (Å²) in [6.45, 7) is 3.05. The van der Waals surface area contributed by atoms with Gasteiger partial charge < -0.3 is 20.1 Å². The summed E-state index contributed by atoms with van der Waals surface area (Å²) in [4.78, 5) is 41.6. The van der Waals surface area contributed by atoms with E-state index < -0.39 is 52.5 Å². The van der Waals surface area contributed by atoms with Gasteiger partial charge in [0.05, 0.1) is 21.8 Å². The fourth-order valence-electron chi connectivity index (χ4n) is 3.87. The lowest BCUT2D eigenvalue weighted by Gasteiger charge is -2.28. The number of ether oxygens (including phenoxy) is 1. The summed E-state index contributed by atoms with van der Waals surface area (Å²) in [5, 5.41) is 12.9. The van der Waals surface area contributed by atoms with Crippen LogP contribution in [0, 0.1) is 5.82 Å². The van der Waals surface area contributed by atoms with Crippen molar-refractivity contribution in [2.24, 2.45) is 0 Å². The third-order valence-electron chi connectivity index (χ3n) is 5.74. The molecular weight excluding hydrogens is 584 g/mol. The minimum absolute atomic E-state index is 0.0822. The van der Waals surface area contributed by atoms with E-state index in [1.54, 1.807) is 13.8 Å². The van der Waals surface area contributed by atoms with E-state index in [0.717, 1.165) is 23.1 Å². The number of aromatic nitrogens is 4. The first kappa shape index (κ1) is 30.1. The van der Waals surface area contributed by atoms with E-state index in [1.807, 2.05) is 0 Å². The number of carbonyl (C=O) groups is 2. The molecule has 4 rings (SSSR count). The van der Waals surface area contributed by atoms with Gasteiger partial charge in [0.25, 0.3) is 5.91 Å². The van der Waals surface area contributed by atoms with Crippen LogP contribution >= 0.6 is 11.6 Å². The summed E-state index contributed by atoms with van der Waals surface area (Å²) in [6, 6.07) is 6.58. The van der Waals surface area contributed by atoms with Crippen molar-refractivity contribution in [2.75, 3.05) is 10.2 Å². The number of carboxylic acids is 1. The number of nitrogens with one attached hydrogen (secondary N) is 1. The molecule has 0 atom stereocenters. The Labute approximate surface area is 241 Å². The Hall–Kier alpha value is -4.85. The summed E-state index contributed by atoms with van der Waals surface area (Å²) < 4.78 is 62.5. The normalized spacial score (nSPS) is 11.3. The molecule has 4 aromatic rings. The zero-order valence-electron chi connectivity index (χ0n) is 21.9. The number of hydrogen-bond donors (Lipinski definition) is 2. The Balaban J connectivity index is 1.70. The van der Waals surface area contributed by atoms with Crippen LogP contribution in [-0.4, -0.2) is 43.0 Å². The SMILES string of the molecule is CC(C)N(C(=O)c1ccc(Cl)cn1)c1cc(F)c(Oc2ccc(CNc3ncncn3)cc2C(F)(F)F)cc1C(=O)O. The van der Waals surface area contributed by atoms with Gasteiger partial charge in [0, 0.05) is 30.9 Å². The van der Waals surface area contributed by atoms with Crippen LogP contribution in [0.25, 0.3) is 0 Å². The van der Waals surface area contributed by atoms with Gasteiger partial charge in [0.15, 0.2) is 11.6 Å². The number of pyridine rings is 1. The van der Waals surface area contributed by atoms with E-state index >= 15 is 4.39 Å². The number of carbonyl (C=O) groups excluding carboxylic acids is 1. The van der Waals surface area contributed by atoms with Crippen molar-refractivity contribution in [3.05, 3.63) is 94.5 Å². The fraction of sp³-hybridized carbons (Fsp3) is 0.185. The molecule has 0 saturated heterocycles. The number of aromatic carboxylic acids is 1. The second-order valence-corrected chi connectivity index (χ2v) is 9.42. The van der Waals surface area contributed by atoms with Crippen LogP contribution in [0.5, 0.6) is 11.5 Å². The molecule has 218 valence electrons. The average molecular weight is 605 g/mol. The van der Waals surface area contributed by atoms with Crippen molar-refractivity contribution in [2.45, 2.75) is 32.6 Å². The first-order valence-corrected chi connectivity index (χ1v) is 12.5. The number of carboxylic acid groups (broad SMARTS) is 1. The highest BCUT2D eigenvalue weighted by atomic mass is 35.5. The van der Waals surface area contributed by atoms with Gasteiger partial charge in [0.2, 0.25) is 5.95 Å². The highest BCUT2D eigenvalue weighted by Gasteiger charge is 2.35. The number of nitrogens with zero attached hydrogens (tertiary/aromatic N) is 5. The third kappa shape index (κ3) is 6.89. The standard InChI is InChI=1S/C27H21ClF4N6O4/c1-14(2)38(24(39)20-5-4-16(28)11-34-20)21-9-19(29)23(8-17(21)25(40)41)42-22-6-3-15(7-18(22)27(30,31)32)10-35-26-36-12-33-13-37-26/h3-9,11-14H,10H2,1-2H3,(H,40,41)(H,33,35,36,37). The zero-order valence-corrected chi connectivity index (χ0v) is 22.6. The topological polar surface area (TPSA) is 130 Å². The molecular formula is C27H21ClF4N6O4. The van der Waals surface area contributed by atoms with Crippen LogP contribution in [0.3, 0.4) is 0 Å². The lowest BCUT2D eigenvalue weighted by atomic mass is 10.1. The number of halogens is 5. The summed E-state index contributed by atoms with van der Waals surface area (Å²) in [7, 11) is 0. The molecule has 2 aromatic carbocycles. The fourth-order valence-corrected chi connectivity index (χ4v) is 3.98. The van der Waals surface area contributed by atoms with Crippen LogP contribution < -0.4 is 15.0 Å². The van der Waals surface area contributed by atoms with Crippen molar-refractivity contribution < 1.29 is 37.0 Å². The number of rotatable bonds is 9. The first-order valence-electron chi connectivity index (χ1n) is 12.1. The molecule has 0 fully saturated rings. The number of hydrogen-bond acceptors (Lipinski definition) is 8. The summed E-state index contributed by atoms with van der Waals surface area (Å²) in [5.74, 6) is -4.95. The zero-order chi connectivity index (χ0) is 30.6. The van der Waals surface area contributed by atoms with Gasteiger partial charge in [-0.05, 0) is 43.7 Å². The van der Waals surface area contributed by atoms with Crippen LogP contribution in [0.2, 0.25) is 5.02 Å². The largest absolute Gasteiger partial charge is 0.478 e. The predicted octanol–water partition coefficient (Wildman–Crippen LogP) is 6.24. The van der Waals surface area contributed by atoms with E-state index in [0.29, 0.717) is 6.07 Å². The van der Waals surface area contributed by atoms with Gasteiger partial charge in [-0.15, -0.1) is 0 Å². The van der Waals surface area contributed by atoms with E-state index in [4.69, 9.17) is 16.3 Å². The van der Waals surface area contributed by atoms with Crippen molar-refractivity contribution in [3.8, 4) is 11.5 Å². The van der Waals surface area contributed by atoms with E-state index in [-0.39, 0.29) is 34.5 Å². The van der Waals surface area contributed by atoms with E-state index in [9.17, 15) is 27.9 Å². The Bertz CT molecular complexity index is 1610. The number of alkyl halides is 3. The molecule has 1 amide bonds. The molecule has 2 N–H and O–H groups in total. The van der Waals surface area contributed by atoms with E-state index in [1.165, 1.54) is 37.1 Å². The van der Waals surface area contributed by atoms with Gasteiger partial charge in [-0.25, -0.2) is 29.1 Å². The number of benzene rings is 2. The Morgan fingerprint density at radius 3 is 2.36 bits per heavy atom. The molecule has 15 heteroatoms. The number of anilines is 2. The second kappa shape index (κ2) is 12.3. The van der Waals surface area contributed by atoms with Crippen molar-refractivity contribution in [3.63, 3.8) is 0 Å². The summed E-state index contributed by atoms with van der Waals surface area (Å²) >= 11 is 5.83. The molecule has 0 aliphatic rings. The molecule has 10 nitrogen and oxygen atoms in total. The molecule has 2 heterocycles. The van der Waals surface area contributed by atoms with Gasteiger partial charge in [-0.3, -0.25) is 4.79 Å². The Morgan fingerprint density at radius 2 is 1.76 bits per heavy atom. The molecule has 0 bridgehead atoms. The predicted molar refractivity (Wildman–Crippen MR) is 143 cm³/mol. The molecule has 0 radical (unpaired) electrons. The van der Waals surface area contributed by atoms with Crippen molar-refractivity contribution in [1.82, 2.24) is 19.9 Å². The first-order chi connectivity index (χ1) is 19.8. The maximum atomic E-state index is 15.3. The van der Waals surface area contributed by atoms with Gasteiger partial charge >= 0.3 is 12.1 Å². The van der Waals surface area contributed by atoms with Crippen LogP contribution in [0.15, 0.2) is 61.3 Å². The maximum Gasteiger partial charge on any atom is 0.419 e. The Morgan fingerprint density at radius 1 is 1.05 bits per heavy atom. The number of amides is 1. The molecule has 2 aromatic heterocycles. The van der Waals surface area contributed by atoms with Gasteiger partial charge in [0.1, 0.15) is 24.1 Å². The van der Waals surface area contributed by atoms with Gasteiger partial charge in [-0.2, -0.15) is 13.2 Å². The lowest BCUT2D eigenvalue weighted by molar-refractivity contribution is -0.138. The quantitative estimate of drug-likeness (QED) is 0.213. The van der Waals surface area contributed by atoms with E-state index in [2.05, 4.69) is 25.3 Å². The Kier molecular flexibility index (Phi) is 8.85. The smallest absolute Gasteiger partial charge is 0.419 e. The van der Waals surface area contributed by atoms with Gasteiger partial charge in [-0.1, -0.05) is 17.7 Å². The van der Waals surface area contributed by atoms with Crippen molar-refractivity contribution in [1.29, 1.82) is 0 Å². The molecule has 0 spiro atoms. The van der Waals surface area contributed by atoms with Crippen LogP contribution in [0.4, 0.5) is 29.2 Å². The molecule has 0 aliphatic carbocycles. The minimum Gasteiger partial charge on any atom is -0.478 e. The highest BCUT2D eigenvalue weighted by molar-refractivity contribution is 6.30. The van der Waals surface area contributed by atoms with Crippen molar-refractivity contribution >= 4 is 35.1 Å². The summed E-state index contributed by atoms with van der Waals surface area (Å²) in [5.41, 5.74) is -2.08. The third-order valence-corrected chi connectivity index (χ3v) is 5.96. The highest BCUT2D eigenvalue weighted by Crippen LogP contribution is 2.40. The monoisotopic (exact) mass is 604 g/mol. The molecule has 0 saturated carbocycles.